The fourth-order valence-corrected chi connectivity index (χ4v) is 1.51. The van der Waals surface area contributed by atoms with Crippen molar-refractivity contribution in [3.63, 3.8) is 0 Å². The molecule has 6 heteroatoms. The lowest BCUT2D eigenvalue weighted by molar-refractivity contribution is 0.152. The Morgan fingerprint density at radius 1 is 1.00 bits per heavy atom. The maximum absolute atomic E-state index is 5.30. The molecule has 0 aromatic rings. The third-order valence-corrected chi connectivity index (χ3v) is 2.94. The van der Waals surface area contributed by atoms with Crippen molar-refractivity contribution in [3.05, 3.63) is 0 Å². The second kappa shape index (κ2) is 12.3. The Labute approximate surface area is 92.6 Å². The lowest BCUT2D eigenvalue weighted by Crippen LogP contribution is -2.22. The second-order valence-corrected chi connectivity index (χ2v) is 4.91. The molecule has 74 valence electrons. The molecule has 0 amide bonds. The summed E-state index contributed by atoms with van der Waals surface area (Å²) in [5, 5.41) is 3.24. The minimum Gasteiger partial charge on any atom is -0.379 e. The van der Waals surface area contributed by atoms with Crippen LogP contribution in [0.4, 0.5) is 0 Å². The van der Waals surface area contributed by atoms with Crippen LogP contribution in [0.5, 0.6) is 0 Å². The van der Waals surface area contributed by atoms with Gasteiger partial charge in [0.15, 0.2) is 0 Å². The van der Waals surface area contributed by atoms with Gasteiger partial charge < -0.3 is 10.1 Å². The number of nitrogens with one attached hydrogen (secondary N) is 1. The molecule has 0 spiro atoms. The number of rotatable bonds is 9. The third kappa shape index (κ3) is 11.3. The van der Waals surface area contributed by atoms with Crippen LogP contribution in [-0.4, -0.2) is 37.8 Å². The molecule has 0 saturated carbocycles. The summed E-state index contributed by atoms with van der Waals surface area (Å²) in [5.41, 5.74) is 0. The Kier molecular flexibility index (Phi) is 13.7. The van der Waals surface area contributed by atoms with Gasteiger partial charge in [-0.1, -0.05) is 21.6 Å². The van der Waals surface area contributed by atoms with E-state index in [4.69, 9.17) is 4.74 Å². The van der Waals surface area contributed by atoms with Crippen molar-refractivity contribution in [1.29, 1.82) is 0 Å². The maximum atomic E-state index is 5.30. The van der Waals surface area contributed by atoms with E-state index in [2.05, 4.69) is 28.6 Å². The Morgan fingerprint density at radius 2 is 1.75 bits per heavy atom. The van der Waals surface area contributed by atoms with Gasteiger partial charge in [-0.25, -0.2) is 0 Å². The van der Waals surface area contributed by atoms with Gasteiger partial charge in [-0.3, -0.25) is 0 Å². The van der Waals surface area contributed by atoms with E-state index in [-0.39, 0.29) is 0 Å². The van der Waals surface area contributed by atoms with E-state index >= 15 is 0 Å². The number of hydrogen-bond donors (Lipinski definition) is 3. The molecule has 0 atom stereocenters. The van der Waals surface area contributed by atoms with Crippen LogP contribution >= 0.6 is 44.9 Å². The number of ether oxygens (including phenoxy) is 1. The summed E-state index contributed by atoms with van der Waals surface area (Å²) in [5.74, 6) is 1.99. The quantitative estimate of drug-likeness (QED) is 0.327. The van der Waals surface area contributed by atoms with Crippen LogP contribution in [0.3, 0.4) is 0 Å². The minimum absolute atomic E-state index is 0.783. The first kappa shape index (κ1) is 13.3. The number of thiol groups is 2. The van der Waals surface area contributed by atoms with Crippen LogP contribution in [0.2, 0.25) is 0 Å². The second-order valence-electron chi connectivity index (χ2n) is 2.03. The van der Waals surface area contributed by atoms with Gasteiger partial charge in [-0.05, 0) is 0 Å². The molecule has 1 N–H and O–H groups in total. The first-order valence-electron chi connectivity index (χ1n) is 3.73. The monoisotopic (exact) mass is 245 g/mol. The predicted octanol–water partition coefficient (Wildman–Crippen LogP) is 1.75. The topological polar surface area (TPSA) is 21.3 Å². The Balaban J connectivity index is 2.73. The van der Waals surface area contributed by atoms with Crippen molar-refractivity contribution in [1.82, 2.24) is 5.32 Å². The SMILES string of the molecule is SSCCNCCOCCSS. The van der Waals surface area contributed by atoms with E-state index < -0.39 is 0 Å². The van der Waals surface area contributed by atoms with Crippen molar-refractivity contribution < 1.29 is 4.74 Å². The zero-order valence-electron chi connectivity index (χ0n) is 6.86. The highest BCUT2D eigenvalue weighted by Crippen LogP contribution is 2.02. The number of hydrogen-bond acceptors (Lipinski definition) is 6. The molecule has 0 heterocycles. The van der Waals surface area contributed by atoms with Crippen molar-refractivity contribution in [2.45, 2.75) is 0 Å². The summed E-state index contributed by atoms with van der Waals surface area (Å²) >= 11 is 8.03. The van der Waals surface area contributed by atoms with Gasteiger partial charge in [-0.15, -0.1) is 23.3 Å². The molecular formula is C6H15NOS4. The van der Waals surface area contributed by atoms with Crippen LogP contribution in [0.15, 0.2) is 0 Å². The largest absolute Gasteiger partial charge is 0.379 e. The Hall–Kier alpha value is 1.32. The van der Waals surface area contributed by atoms with Gasteiger partial charge in [0.25, 0.3) is 0 Å². The molecular weight excluding hydrogens is 230 g/mol. The molecule has 0 aliphatic rings. The van der Waals surface area contributed by atoms with E-state index in [9.17, 15) is 0 Å². The average molecular weight is 245 g/mol. The van der Waals surface area contributed by atoms with Gasteiger partial charge in [0.2, 0.25) is 0 Å². The van der Waals surface area contributed by atoms with E-state index in [0.717, 1.165) is 37.8 Å². The summed E-state index contributed by atoms with van der Waals surface area (Å²) in [7, 11) is 3.06. The van der Waals surface area contributed by atoms with Gasteiger partial charge in [-0.2, -0.15) is 0 Å². The summed E-state index contributed by atoms with van der Waals surface area (Å²) in [6, 6.07) is 0. The van der Waals surface area contributed by atoms with E-state index in [1.54, 1.807) is 10.8 Å². The summed E-state index contributed by atoms with van der Waals surface area (Å²) < 4.78 is 5.30. The zero-order chi connectivity index (χ0) is 9.07. The zero-order valence-corrected chi connectivity index (χ0v) is 10.3. The summed E-state index contributed by atoms with van der Waals surface area (Å²) in [6.45, 7) is 3.49. The summed E-state index contributed by atoms with van der Waals surface area (Å²) in [6.07, 6.45) is 0. The van der Waals surface area contributed by atoms with Crippen molar-refractivity contribution in [2.24, 2.45) is 0 Å². The van der Waals surface area contributed by atoms with Crippen molar-refractivity contribution in [3.8, 4) is 0 Å². The Bertz CT molecular complexity index is 75.9. The molecule has 0 aliphatic heterocycles. The van der Waals surface area contributed by atoms with Gasteiger partial charge in [0, 0.05) is 24.6 Å². The molecule has 0 bridgehead atoms. The highest BCUT2D eigenvalue weighted by atomic mass is 33.1. The van der Waals surface area contributed by atoms with Crippen LogP contribution in [0, 0.1) is 0 Å². The van der Waals surface area contributed by atoms with Gasteiger partial charge >= 0.3 is 0 Å². The highest BCUT2D eigenvalue weighted by Gasteiger charge is 1.88. The molecule has 12 heavy (non-hydrogen) atoms. The molecule has 2 nitrogen and oxygen atoms in total. The first-order valence-corrected chi connectivity index (χ1v) is 7.80. The first-order chi connectivity index (χ1) is 5.91. The predicted molar refractivity (Wildman–Crippen MR) is 66.6 cm³/mol. The molecule has 0 aliphatic carbocycles. The van der Waals surface area contributed by atoms with Crippen LogP contribution in [-0.2, 0) is 4.74 Å². The lowest BCUT2D eigenvalue weighted by Gasteiger charge is -2.03. The van der Waals surface area contributed by atoms with Crippen LogP contribution in [0.1, 0.15) is 0 Å². The fraction of sp³-hybridized carbons (Fsp3) is 1.00. The Morgan fingerprint density at radius 3 is 2.42 bits per heavy atom. The third-order valence-electron chi connectivity index (χ3n) is 1.11. The standard InChI is InChI=1S/C6H15NOS4/c9-11-5-2-7-1-3-8-4-6-12-10/h7,9-10H,1-6H2. The molecule has 0 unspecified atom stereocenters. The van der Waals surface area contributed by atoms with Crippen LogP contribution in [0.25, 0.3) is 0 Å². The molecule has 0 saturated heterocycles. The maximum Gasteiger partial charge on any atom is 0.0591 e. The fourth-order valence-electron chi connectivity index (χ4n) is 0.585. The lowest BCUT2D eigenvalue weighted by atomic mass is 10.6. The van der Waals surface area contributed by atoms with Crippen LogP contribution < -0.4 is 5.32 Å². The van der Waals surface area contributed by atoms with Gasteiger partial charge in [0.05, 0.1) is 13.2 Å². The normalized spacial score (nSPS) is 10.5. The molecule has 0 fully saturated rings. The minimum atomic E-state index is 0.783. The van der Waals surface area contributed by atoms with E-state index in [1.165, 1.54) is 10.8 Å². The van der Waals surface area contributed by atoms with E-state index in [0.29, 0.717) is 0 Å². The molecule has 0 rings (SSSR count). The average Bonchev–Trinajstić information content (AvgIpc) is 2.10. The molecule has 0 aromatic carbocycles. The van der Waals surface area contributed by atoms with Crippen molar-refractivity contribution >= 4 is 44.9 Å². The van der Waals surface area contributed by atoms with E-state index in [1.807, 2.05) is 0 Å². The highest BCUT2D eigenvalue weighted by molar-refractivity contribution is 8.68. The van der Waals surface area contributed by atoms with Gasteiger partial charge in [0.1, 0.15) is 0 Å². The van der Waals surface area contributed by atoms with Crippen molar-refractivity contribution in [2.75, 3.05) is 37.8 Å². The molecule has 0 radical (unpaired) electrons. The molecule has 0 aromatic heterocycles. The smallest absolute Gasteiger partial charge is 0.0591 e. The summed E-state index contributed by atoms with van der Waals surface area (Å²) in [4.78, 5) is 0.